The van der Waals surface area contributed by atoms with Crippen molar-refractivity contribution in [2.45, 2.75) is 46.6 Å². The van der Waals surface area contributed by atoms with Crippen LogP contribution in [0, 0.1) is 24.2 Å². The molecule has 7 nitrogen and oxygen atoms in total. The molecule has 0 spiro atoms. The van der Waals surface area contributed by atoms with E-state index in [4.69, 9.17) is 4.74 Å². The first kappa shape index (κ1) is 21.1. The van der Waals surface area contributed by atoms with Gasteiger partial charge in [-0.05, 0) is 32.1 Å². The number of pyridine rings is 1. The molecule has 1 fully saturated rings. The quantitative estimate of drug-likeness (QED) is 0.713. The Bertz CT molecular complexity index is 927. The summed E-state index contributed by atoms with van der Waals surface area (Å²) in [7, 11) is 0. The number of anilines is 2. The summed E-state index contributed by atoms with van der Waals surface area (Å²) in [5.41, 5.74) is -0.0193. The molecular weight excluding hydrogens is 402 g/mol. The zero-order valence-corrected chi connectivity index (χ0v) is 17.4. The van der Waals surface area contributed by atoms with E-state index in [-0.39, 0.29) is 34.6 Å². The summed E-state index contributed by atoms with van der Waals surface area (Å²) in [6.45, 7) is 7.56. The van der Waals surface area contributed by atoms with Gasteiger partial charge in [0.25, 0.3) is 5.91 Å². The molecule has 0 saturated heterocycles. The number of nitrogens with one attached hydrogen (secondary N) is 1. The van der Waals surface area contributed by atoms with Crippen molar-refractivity contribution >= 4 is 34.2 Å². The minimum atomic E-state index is -1.01. The van der Waals surface area contributed by atoms with E-state index < -0.39 is 23.9 Å². The molecule has 29 heavy (non-hydrogen) atoms. The number of rotatable bonds is 5. The number of thiazole rings is 1. The number of halogens is 2. The molecule has 10 heteroatoms. The molecule has 0 radical (unpaired) electrons. The van der Waals surface area contributed by atoms with E-state index in [9.17, 15) is 18.4 Å². The van der Waals surface area contributed by atoms with Crippen LogP contribution in [0.3, 0.4) is 0 Å². The Kier molecular flexibility index (Phi) is 5.83. The predicted molar refractivity (Wildman–Crippen MR) is 105 cm³/mol. The van der Waals surface area contributed by atoms with Gasteiger partial charge in [0.05, 0.1) is 12.3 Å². The SMILES string of the molecule is CCOC(=O)Nc1nc(C(=O)N(c2cc(F)nc(F)c2)C2CCC2(C)C)c(C)s1. The maximum Gasteiger partial charge on any atom is 0.413 e. The predicted octanol–water partition coefficient (Wildman–Crippen LogP) is 4.53. The summed E-state index contributed by atoms with van der Waals surface area (Å²) in [5, 5.41) is 2.69. The normalized spacial score (nSPS) is 17.4. The van der Waals surface area contributed by atoms with E-state index in [0.717, 1.165) is 29.9 Å². The number of carbonyl (C=O) groups excluding carboxylic acids is 2. The van der Waals surface area contributed by atoms with Crippen molar-refractivity contribution in [3.8, 4) is 0 Å². The fraction of sp³-hybridized carbons (Fsp3) is 0.474. The molecule has 1 aliphatic rings. The van der Waals surface area contributed by atoms with Crippen LogP contribution in [0.5, 0.6) is 0 Å². The number of hydrogen-bond acceptors (Lipinski definition) is 6. The summed E-state index contributed by atoms with van der Waals surface area (Å²) in [6, 6.07) is 1.82. The van der Waals surface area contributed by atoms with Crippen LogP contribution in [-0.2, 0) is 4.74 Å². The van der Waals surface area contributed by atoms with Crippen LogP contribution in [0.2, 0.25) is 0 Å². The van der Waals surface area contributed by atoms with Gasteiger partial charge in [0, 0.05) is 23.1 Å². The van der Waals surface area contributed by atoms with Crippen molar-refractivity contribution in [1.82, 2.24) is 9.97 Å². The first-order chi connectivity index (χ1) is 13.6. The zero-order valence-electron chi connectivity index (χ0n) is 16.6. The monoisotopic (exact) mass is 424 g/mol. The number of aryl methyl sites for hydroxylation is 1. The molecule has 2 amide bonds. The Morgan fingerprint density at radius 1 is 1.31 bits per heavy atom. The van der Waals surface area contributed by atoms with Gasteiger partial charge in [-0.15, -0.1) is 11.3 Å². The topological polar surface area (TPSA) is 84.4 Å². The molecule has 156 valence electrons. The average molecular weight is 424 g/mol. The molecule has 1 unspecified atom stereocenters. The molecule has 0 bridgehead atoms. The third-order valence-electron chi connectivity index (χ3n) is 5.00. The number of carbonyl (C=O) groups is 2. The summed E-state index contributed by atoms with van der Waals surface area (Å²) >= 11 is 1.12. The van der Waals surface area contributed by atoms with Crippen LogP contribution in [0.4, 0.5) is 24.4 Å². The summed E-state index contributed by atoms with van der Waals surface area (Å²) in [4.78, 5) is 34.3. The highest BCUT2D eigenvalue weighted by Gasteiger charge is 2.45. The van der Waals surface area contributed by atoms with Crippen molar-refractivity contribution in [3.63, 3.8) is 0 Å². The molecule has 2 aromatic rings. The van der Waals surface area contributed by atoms with E-state index in [0.29, 0.717) is 11.3 Å². The van der Waals surface area contributed by atoms with Crippen LogP contribution >= 0.6 is 11.3 Å². The summed E-state index contributed by atoms with van der Waals surface area (Å²) < 4.78 is 32.4. The lowest BCUT2D eigenvalue weighted by Crippen LogP contribution is -2.55. The van der Waals surface area contributed by atoms with Gasteiger partial charge < -0.3 is 9.64 Å². The van der Waals surface area contributed by atoms with Crippen LogP contribution in [-0.4, -0.2) is 34.6 Å². The highest BCUT2D eigenvalue weighted by atomic mass is 32.1. The van der Waals surface area contributed by atoms with Crippen molar-refractivity contribution < 1.29 is 23.1 Å². The molecule has 0 aromatic carbocycles. The van der Waals surface area contributed by atoms with Gasteiger partial charge in [0.15, 0.2) is 5.13 Å². The van der Waals surface area contributed by atoms with Crippen LogP contribution in [0.25, 0.3) is 0 Å². The van der Waals surface area contributed by atoms with Crippen LogP contribution in [0.15, 0.2) is 12.1 Å². The molecular formula is C19H22F2N4O3S. The lowest BCUT2D eigenvalue weighted by molar-refractivity contribution is 0.0845. The summed E-state index contributed by atoms with van der Waals surface area (Å²) in [6.07, 6.45) is 0.903. The Labute approximate surface area is 171 Å². The van der Waals surface area contributed by atoms with Crippen LogP contribution < -0.4 is 10.2 Å². The van der Waals surface area contributed by atoms with E-state index in [1.807, 2.05) is 13.8 Å². The zero-order chi connectivity index (χ0) is 21.3. The maximum atomic E-state index is 13.8. The molecule has 2 heterocycles. The van der Waals surface area contributed by atoms with E-state index in [1.54, 1.807) is 13.8 Å². The second-order valence-electron chi connectivity index (χ2n) is 7.46. The molecule has 1 aliphatic carbocycles. The Hall–Kier alpha value is -2.62. The molecule has 3 rings (SSSR count). The van der Waals surface area contributed by atoms with Crippen LogP contribution in [0.1, 0.15) is 49.0 Å². The molecule has 1 saturated carbocycles. The Morgan fingerprint density at radius 3 is 2.48 bits per heavy atom. The Morgan fingerprint density at radius 2 is 1.97 bits per heavy atom. The third kappa shape index (κ3) is 4.36. The third-order valence-corrected chi connectivity index (χ3v) is 5.89. The van der Waals surface area contributed by atoms with E-state index >= 15 is 0 Å². The smallest absolute Gasteiger partial charge is 0.413 e. The van der Waals surface area contributed by atoms with Gasteiger partial charge in [-0.1, -0.05) is 13.8 Å². The molecule has 1 atom stereocenters. The van der Waals surface area contributed by atoms with Crippen molar-refractivity contribution in [3.05, 3.63) is 34.6 Å². The number of aromatic nitrogens is 2. The standard InChI is InChI=1S/C19H22F2N4O3S/c1-5-28-18(27)24-17-23-15(10(2)29-17)16(26)25(12-6-7-19(12,3)4)11-8-13(20)22-14(21)9-11/h8-9,12H,5-7H2,1-4H3,(H,23,24,27). The first-order valence-electron chi connectivity index (χ1n) is 9.20. The molecule has 0 aliphatic heterocycles. The fourth-order valence-corrected chi connectivity index (χ4v) is 4.17. The Balaban J connectivity index is 1.97. The van der Waals surface area contributed by atoms with Gasteiger partial charge in [-0.2, -0.15) is 13.8 Å². The van der Waals surface area contributed by atoms with Crippen molar-refractivity contribution in [2.75, 3.05) is 16.8 Å². The molecule has 2 aromatic heterocycles. The summed E-state index contributed by atoms with van der Waals surface area (Å²) in [5.74, 6) is -2.50. The second kappa shape index (κ2) is 8.02. The maximum absolute atomic E-state index is 13.8. The highest BCUT2D eigenvalue weighted by molar-refractivity contribution is 7.16. The lowest BCUT2D eigenvalue weighted by atomic mass is 9.66. The fourth-order valence-electron chi connectivity index (χ4n) is 3.38. The van der Waals surface area contributed by atoms with E-state index in [2.05, 4.69) is 15.3 Å². The minimum absolute atomic E-state index is 0.0880. The first-order valence-corrected chi connectivity index (χ1v) is 10.0. The highest BCUT2D eigenvalue weighted by Crippen LogP contribution is 2.45. The molecule has 1 N–H and O–H groups in total. The van der Waals surface area contributed by atoms with Gasteiger partial charge in [0.1, 0.15) is 5.69 Å². The number of ether oxygens (including phenoxy) is 1. The van der Waals surface area contributed by atoms with Crippen molar-refractivity contribution in [1.29, 1.82) is 0 Å². The number of amides is 2. The van der Waals surface area contributed by atoms with Gasteiger partial charge in [-0.25, -0.2) is 9.78 Å². The largest absolute Gasteiger partial charge is 0.450 e. The van der Waals surface area contributed by atoms with Crippen molar-refractivity contribution in [2.24, 2.45) is 5.41 Å². The van der Waals surface area contributed by atoms with E-state index in [1.165, 1.54) is 4.90 Å². The lowest BCUT2D eigenvalue weighted by Gasteiger charge is -2.50. The van der Waals surface area contributed by atoms with Gasteiger partial charge in [-0.3, -0.25) is 10.1 Å². The van der Waals surface area contributed by atoms with Gasteiger partial charge >= 0.3 is 6.09 Å². The number of nitrogens with zero attached hydrogens (tertiary/aromatic N) is 3. The van der Waals surface area contributed by atoms with Gasteiger partial charge in [0.2, 0.25) is 11.9 Å². The number of hydrogen-bond donors (Lipinski definition) is 1. The second-order valence-corrected chi connectivity index (χ2v) is 8.66. The minimum Gasteiger partial charge on any atom is -0.450 e. The average Bonchev–Trinajstić information content (AvgIpc) is 2.97.